The van der Waals surface area contributed by atoms with Crippen molar-refractivity contribution in [3.8, 4) is 6.07 Å². The van der Waals surface area contributed by atoms with E-state index in [1.54, 1.807) is 11.6 Å². The number of nitriles is 1. The number of nitrogens with one attached hydrogen (secondary N) is 1. The number of alkyl halides is 2. The van der Waals surface area contributed by atoms with Gasteiger partial charge in [0.05, 0.1) is 17.8 Å². The predicted octanol–water partition coefficient (Wildman–Crippen LogP) is 2.02. The van der Waals surface area contributed by atoms with Crippen LogP contribution in [0, 0.1) is 11.3 Å². The summed E-state index contributed by atoms with van der Waals surface area (Å²) in [6.45, 7) is 2.21. The lowest BCUT2D eigenvalue weighted by Gasteiger charge is -2.12. The number of hydrogen-bond acceptors (Lipinski definition) is 7. The third-order valence-electron chi connectivity index (χ3n) is 5.52. The summed E-state index contributed by atoms with van der Waals surface area (Å²) in [5, 5.41) is 30.5. The zero-order chi connectivity index (χ0) is 21.5. The number of aryl methyl sites for hydroxylation is 1. The lowest BCUT2D eigenvalue weighted by Crippen LogP contribution is -2.22. The average Bonchev–Trinajstić information content (AvgIpc) is 3.22. The molecule has 30 heavy (non-hydrogen) atoms. The van der Waals surface area contributed by atoms with E-state index in [1.807, 2.05) is 18.3 Å². The van der Waals surface area contributed by atoms with Crippen molar-refractivity contribution >= 4 is 17.3 Å². The minimum absolute atomic E-state index is 0.0329. The maximum absolute atomic E-state index is 13.3. The highest BCUT2D eigenvalue weighted by atomic mass is 19.3. The van der Waals surface area contributed by atoms with Gasteiger partial charge in [0.1, 0.15) is 29.0 Å². The Balaban J connectivity index is 1.57. The summed E-state index contributed by atoms with van der Waals surface area (Å²) in [6, 6.07) is 3.86. The van der Waals surface area contributed by atoms with Crippen molar-refractivity contribution < 1.29 is 13.9 Å². The Bertz CT molecular complexity index is 1130. The highest BCUT2D eigenvalue weighted by molar-refractivity contribution is 5.69. The Labute approximate surface area is 171 Å². The van der Waals surface area contributed by atoms with Crippen molar-refractivity contribution in [3.63, 3.8) is 0 Å². The van der Waals surface area contributed by atoms with E-state index < -0.39 is 6.43 Å². The minimum Gasteiger partial charge on any atom is -0.394 e. The molecule has 0 spiro atoms. The van der Waals surface area contributed by atoms with Crippen molar-refractivity contribution in [2.45, 2.75) is 44.6 Å². The van der Waals surface area contributed by atoms with E-state index in [2.05, 4.69) is 20.5 Å². The molecule has 0 aliphatic heterocycles. The van der Waals surface area contributed by atoms with Gasteiger partial charge >= 0.3 is 0 Å². The molecule has 0 unspecified atom stereocenters. The van der Waals surface area contributed by atoms with Crippen LogP contribution in [0.4, 0.5) is 20.4 Å². The first-order valence-electron chi connectivity index (χ1n) is 9.73. The number of nitrogens with two attached hydrogens (primary N) is 1. The van der Waals surface area contributed by atoms with Crippen LogP contribution in [0.3, 0.4) is 0 Å². The highest BCUT2D eigenvalue weighted by Gasteiger charge is 2.44. The molecule has 9 nitrogen and oxygen atoms in total. The van der Waals surface area contributed by atoms with Gasteiger partial charge in [0.15, 0.2) is 5.65 Å². The van der Waals surface area contributed by atoms with E-state index in [1.165, 1.54) is 0 Å². The molecule has 158 valence electrons. The number of nitrogens with zero attached hydrogens (tertiary/aromatic N) is 6. The number of rotatable bonds is 8. The summed E-state index contributed by atoms with van der Waals surface area (Å²) < 4.78 is 29.6. The Kier molecular flexibility index (Phi) is 5.03. The van der Waals surface area contributed by atoms with Crippen molar-refractivity contribution in [1.29, 1.82) is 5.26 Å². The van der Waals surface area contributed by atoms with Gasteiger partial charge in [0.25, 0.3) is 6.43 Å². The monoisotopic (exact) mass is 416 g/mol. The van der Waals surface area contributed by atoms with Gasteiger partial charge < -0.3 is 16.2 Å². The minimum atomic E-state index is -2.76. The molecular weight excluding hydrogens is 394 g/mol. The molecule has 4 N–H and O–H groups in total. The fourth-order valence-corrected chi connectivity index (χ4v) is 3.55. The normalized spacial score (nSPS) is 14.9. The summed E-state index contributed by atoms with van der Waals surface area (Å²) in [5.41, 5.74) is 6.80. The van der Waals surface area contributed by atoms with Crippen molar-refractivity contribution in [2.24, 2.45) is 0 Å². The third-order valence-corrected chi connectivity index (χ3v) is 5.52. The molecule has 3 aromatic rings. The summed E-state index contributed by atoms with van der Waals surface area (Å²) in [5.74, 6) is 0.195. The Hall–Kier alpha value is -3.26. The quantitative estimate of drug-likeness (QED) is 0.512. The molecule has 1 aliphatic carbocycles. The zero-order valence-electron chi connectivity index (χ0n) is 16.4. The largest absolute Gasteiger partial charge is 0.394 e. The molecule has 11 heteroatoms. The summed E-state index contributed by atoms with van der Waals surface area (Å²) in [6.07, 6.45) is 1.77. The first-order chi connectivity index (χ1) is 14.4. The van der Waals surface area contributed by atoms with Gasteiger partial charge in [-0.25, -0.2) is 13.8 Å². The van der Waals surface area contributed by atoms with Gasteiger partial charge in [-0.1, -0.05) is 6.92 Å². The zero-order valence-corrected chi connectivity index (χ0v) is 16.4. The SMILES string of the molecule is CCc1c(C(F)F)nn2c(N)c(C#N)c(NCCc3ccn(C4(CO)CC4)n3)nc12. The van der Waals surface area contributed by atoms with E-state index in [0.717, 1.165) is 23.1 Å². The lowest BCUT2D eigenvalue weighted by molar-refractivity contribution is 0.144. The Morgan fingerprint density at radius 2 is 2.17 bits per heavy atom. The predicted molar refractivity (Wildman–Crippen MR) is 105 cm³/mol. The van der Waals surface area contributed by atoms with E-state index in [9.17, 15) is 19.1 Å². The van der Waals surface area contributed by atoms with Gasteiger partial charge in [0.2, 0.25) is 0 Å². The number of aliphatic hydroxyl groups excluding tert-OH is 1. The fraction of sp³-hybridized carbons (Fsp3) is 0.474. The molecule has 0 saturated heterocycles. The standard InChI is InChI=1S/C19H22F2N8O/c1-2-12-14(15(20)21)27-29-16(23)13(9-22)17(25-18(12)29)24-7-3-11-4-8-28(26-11)19(10-30)5-6-19/h4,8,15,30H,2-3,5-7,10,23H2,1H3,(H,24,25). The number of hydrogen-bond donors (Lipinski definition) is 3. The van der Waals surface area contributed by atoms with Crippen LogP contribution in [0.25, 0.3) is 5.65 Å². The van der Waals surface area contributed by atoms with E-state index in [-0.39, 0.29) is 40.7 Å². The van der Waals surface area contributed by atoms with Crippen LogP contribution >= 0.6 is 0 Å². The average molecular weight is 416 g/mol. The van der Waals surface area contributed by atoms with E-state index >= 15 is 0 Å². The van der Waals surface area contributed by atoms with Gasteiger partial charge in [-0.15, -0.1) is 0 Å². The van der Waals surface area contributed by atoms with E-state index in [4.69, 9.17) is 5.73 Å². The molecule has 0 bridgehead atoms. The van der Waals surface area contributed by atoms with Gasteiger partial charge in [0, 0.05) is 24.7 Å². The first kappa shape index (κ1) is 20.0. The van der Waals surface area contributed by atoms with Crippen LogP contribution in [0.2, 0.25) is 0 Å². The van der Waals surface area contributed by atoms with Crippen molar-refractivity contribution in [2.75, 3.05) is 24.2 Å². The molecule has 0 atom stereocenters. The Morgan fingerprint density at radius 1 is 1.40 bits per heavy atom. The second-order valence-corrected chi connectivity index (χ2v) is 7.40. The first-order valence-corrected chi connectivity index (χ1v) is 9.73. The number of aromatic nitrogens is 5. The molecule has 1 saturated carbocycles. The molecule has 0 amide bonds. The van der Waals surface area contributed by atoms with Crippen LogP contribution in [0.5, 0.6) is 0 Å². The topological polar surface area (TPSA) is 130 Å². The number of aliphatic hydroxyl groups is 1. The van der Waals surface area contributed by atoms with E-state index in [0.29, 0.717) is 24.9 Å². The molecule has 4 rings (SSSR count). The second kappa shape index (κ2) is 7.53. The molecule has 1 aliphatic rings. The molecule has 0 aromatic carbocycles. The van der Waals surface area contributed by atoms with Gasteiger partial charge in [-0.2, -0.15) is 20.0 Å². The van der Waals surface area contributed by atoms with Crippen molar-refractivity contribution in [3.05, 3.63) is 34.8 Å². The smallest absolute Gasteiger partial charge is 0.282 e. The maximum Gasteiger partial charge on any atom is 0.282 e. The highest BCUT2D eigenvalue weighted by Crippen LogP contribution is 2.42. The maximum atomic E-state index is 13.3. The van der Waals surface area contributed by atoms with Crippen LogP contribution in [0.1, 0.15) is 48.7 Å². The number of halogens is 2. The molecule has 0 radical (unpaired) electrons. The van der Waals surface area contributed by atoms with Crippen LogP contribution in [0.15, 0.2) is 12.3 Å². The van der Waals surface area contributed by atoms with Crippen molar-refractivity contribution in [1.82, 2.24) is 24.4 Å². The molecule has 3 heterocycles. The number of anilines is 2. The number of fused-ring (bicyclic) bond motifs is 1. The van der Waals surface area contributed by atoms with Crippen LogP contribution in [-0.2, 0) is 18.4 Å². The molecular formula is C19H22F2N8O. The second-order valence-electron chi connectivity index (χ2n) is 7.40. The molecule has 1 fully saturated rings. The summed E-state index contributed by atoms with van der Waals surface area (Å²) in [4.78, 5) is 4.37. The van der Waals surface area contributed by atoms with Gasteiger partial charge in [-0.05, 0) is 25.3 Å². The van der Waals surface area contributed by atoms with Crippen LogP contribution in [-0.4, -0.2) is 42.6 Å². The third kappa shape index (κ3) is 3.23. The fourth-order valence-electron chi connectivity index (χ4n) is 3.55. The Morgan fingerprint density at radius 3 is 2.77 bits per heavy atom. The molecule has 3 aromatic heterocycles. The lowest BCUT2D eigenvalue weighted by atomic mass is 10.2. The number of nitrogen functional groups attached to an aromatic ring is 1. The summed E-state index contributed by atoms with van der Waals surface area (Å²) in [7, 11) is 0. The van der Waals surface area contributed by atoms with Gasteiger partial charge in [-0.3, -0.25) is 4.68 Å². The van der Waals surface area contributed by atoms with Crippen LogP contribution < -0.4 is 11.1 Å². The summed E-state index contributed by atoms with van der Waals surface area (Å²) >= 11 is 0.